The van der Waals surface area contributed by atoms with Crippen LogP contribution in [0.4, 0.5) is 0 Å². The second kappa shape index (κ2) is 5.68. The van der Waals surface area contributed by atoms with Gasteiger partial charge in [-0.2, -0.15) is 0 Å². The fourth-order valence-electron chi connectivity index (χ4n) is 1.94. The van der Waals surface area contributed by atoms with Crippen LogP contribution >= 0.6 is 0 Å². The van der Waals surface area contributed by atoms with Gasteiger partial charge in [0.2, 0.25) is 0 Å². The lowest BCUT2D eigenvalue weighted by atomic mass is 10.1. The Bertz CT molecular complexity index is 387. The van der Waals surface area contributed by atoms with Crippen molar-refractivity contribution in [3.05, 3.63) is 29.8 Å². The fraction of sp³-hybridized carbons (Fsp3) is 0.462. The van der Waals surface area contributed by atoms with Gasteiger partial charge in [0, 0.05) is 31.7 Å². The molecule has 1 saturated heterocycles. The number of piperazine rings is 1. The third-order valence-electron chi connectivity index (χ3n) is 2.80. The second-order valence-electron chi connectivity index (χ2n) is 4.00. The highest BCUT2D eigenvalue weighted by Crippen LogP contribution is 2.15. The summed E-state index contributed by atoms with van der Waals surface area (Å²) >= 11 is 0. The Morgan fingerprint density at radius 2 is 2.18 bits per heavy atom. The Morgan fingerprint density at radius 1 is 1.41 bits per heavy atom. The van der Waals surface area contributed by atoms with Crippen LogP contribution in [0.5, 0.6) is 5.75 Å². The first kappa shape index (κ1) is 11.9. The van der Waals surface area contributed by atoms with Crippen molar-refractivity contribution in [1.82, 2.24) is 10.2 Å². The van der Waals surface area contributed by atoms with Crippen LogP contribution in [0.3, 0.4) is 0 Å². The van der Waals surface area contributed by atoms with E-state index in [1.807, 2.05) is 36.1 Å². The quantitative estimate of drug-likeness (QED) is 0.852. The minimum atomic E-state index is 0.0908. The molecule has 0 spiro atoms. The third kappa shape index (κ3) is 2.97. The number of carbonyl (C=O) groups is 1. The lowest BCUT2D eigenvalue weighted by Gasteiger charge is -2.27. The largest absolute Gasteiger partial charge is 0.494 e. The molecule has 1 aliphatic heterocycles. The van der Waals surface area contributed by atoms with E-state index in [1.165, 1.54) is 0 Å². The Kier molecular flexibility index (Phi) is 3.98. The van der Waals surface area contributed by atoms with Gasteiger partial charge in [0.15, 0.2) is 0 Å². The van der Waals surface area contributed by atoms with Crippen LogP contribution in [-0.4, -0.2) is 43.6 Å². The summed E-state index contributed by atoms with van der Waals surface area (Å²) in [6.45, 7) is 5.85. The molecule has 4 nitrogen and oxygen atoms in total. The minimum absolute atomic E-state index is 0.0908. The average Bonchev–Trinajstić information content (AvgIpc) is 2.40. The van der Waals surface area contributed by atoms with Crippen LogP contribution in [0.1, 0.15) is 17.3 Å². The zero-order chi connectivity index (χ0) is 12.1. The first-order valence-electron chi connectivity index (χ1n) is 6.04. The predicted molar refractivity (Wildman–Crippen MR) is 66.4 cm³/mol. The summed E-state index contributed by atoms with van der Waals surface area (Å²) < 4.78 is 5.40. The van der Waals surface area contributed by atoms with Gasteiger partial charge >= 0.3 is 0 Å². The van der Waals surface area contributed by atoms with Crippen LogP contribution < -0.4 is 10.1 Å². The second-order valence-corrected chi connectivity index (χ2v) is 4.00. The number of ether oxygens (including phenoxy) is 1. The number of rotatable bonds is 3. The van der Waals surface area contributed by atoms with Crippen LogP contribution in [-0.2, 0) is 0 Å². The summed E-state index contributed by atoms with van der Waals surface area (Å²) in [5.74, 6) is 0.849. The van der Waals surface area contributed by atoms with Crippen molar-refractivity contribution in [2.75, 3.05) is 32.8 Å². The molecule has 1 aromatic rings. The number of hydrogen-bond acceptors (Lipinski definition) is 3. The van der Waals surface area contributed by atoms with Crippen molar-refractivity contribution in [1.29, 1.82) is 0 Å². The number of nitrogens with zero attached hydrogens (tertiary/aromatic N) is 1. The Labute approximate surface area is 102 Å². The van der Waals surface area contributed by atoms with Crippen LogP contribution in [0.2, 0.25) is 0 Å². The van der Waals surface area contributed by atoms with E-state index in [0.29, 0.717) is 12.2 Å². The number of benzene rings is 1. The summed E-state index contributed by atoms with van der Waals surface area (Å²) in [6, 6.07) is 7.39. The monoisotopic (exact) mass is 234 g/mol. The molecule has 0 radical (unpaired) electrons. The van der Waals surface area contributed by atoms with Crippen LogP contribution in [0, 0.1) is 0 Å². The fourth-order valence-corrected chi connectivity index (χ4v) is 1.94. The molecule has 0 aliphatic carbocycles. The van der Waals surface area contributed by atoms with Gasteiger partial charge in [-0.3, -0.25) is 4.79 Å². The van der Waals surface area contributed by atoms with E-state index in [9.17, 15) is 4.79 Å². The lowest BCUT2D eigenvalue weighted by Crippen LogP contribution is -2.46. The van der Waals surface area contributed by atoms with Gasteiger partial charge in [0.05, 0.1) is 6.61 Å². The maximum atomic E-state index is 12.2. The minimum Gasteiger partial charge on any atom is -0.494 e. The highest BCUT2D eigenvalue weighted by Gasteiger charge is 2.17. The van der Waals surface area contributed by atoms with Crippen LogP contribution in [0.25, 0.3) is 0 Å². The van der Waals surface area contributed by atoms with Gasteiger partial charge in [-0.15, -0.1) is 0 Å². The van der Waals surface area contributed by atoms with E-state index in [1.54, 1.807) is 0 Å². The lowest BCUT2D eigenvalue weighted by molar-refractivity contribution is 0.0735. The molecule has 92 valence electrons. The smallest absolute Gasteiger partial charge is 0.254 e. The Hall–Kier alpha value is -1.55. The van der Waals surface area contributed by atoms with E-state index < -0.39 is 0 Å². The van der Waals surface area contributed by atoms with Crippen molar-refractivity contribution in [2.24, 2.45) is 0 Å². The molecule has 1 amide bonds. The van der Waals surface area contributed by atoms with Gasteiger partial charge < -0.3 is 15.0 Å². The highest BCUT2D eigenvalue weighted by atomic mass is 16.5. The summed E-state index contributed by atoms with van der Waals surface area (Å²) in [4.78, 5) is 14.1. The molecular formula is C13H18N2O2. The normalized spacial score (nSPS) is 15.7. The molecule has 0 aromatic heterocycles. The summed E-state index contributed by atoms with van der Waals surface area (Å²) in [5, 5.41) is 3.23. The molecule has 0 bridgehead atoms. The molecule has 4 heteroatoms. The van der Waals surface area contributed by atoms with E-state index in [0.717, 1.165) is 31.9 Å². The average molecular weight is 234 g/mol. The van der Waals surface area contributed by atoms with Crippen molar-refractivity contribution in [3.8, 4) is 5.75 Å². The molecule has 0 unspecified atom stereocenters. The number of amides is 1. The summed E-state index contributed by atoms with van der Waals surface area (Å²) in [6.07, 6.45) is 0. The number of carbonyl (C=O) groups excluding carboxylic acids is 1. The van der Waals surface area contributed by atoms with Crippen molar-refractivity contribution in [3.63, 3.8) is 0 Å². The van der Waals surface area contributed by atoms with Crippen molar-refractivity contribution in [2.45, 2.75) is 6.92 Å². The first-order valence-corrected chi connectivity index (χ1v) is 6.04. The Morgan fingerprint density at radius 3 is 2.88 bits per heavy atom. The molecule has 1 aliphatic rings. The molecule has 1 heterocycles. The highest BCUT2D eigenvalue weighted by molar-refractivity contribution is 5.94. The zero-order valence-corrected chi connectivity index (χ0v) is 10.1. The molecule has 0 atom stereocenters. The number of hydrogen-bond donors (Lipinski definition) is 1. The van der Waals surface area contributed by atoms with Gasteiger partial charge in [0.1, 0.15) is 5.75 Å². The van der Waals surface area contributed by atoms with Gasteiger partial charge in [-0.1, -0.05) is 6.07 Å². The predicted octanol–water partition coefficient (Wildman–Crippen LogP) is 1.13. The third-order valence-corrected chi connectivity index (χ3v) is 2.80. The summed E-state index contributed by atoms with van der Waals surface area (Å²) in [7, 11) is 0. The molecule has 2 rings (SSSR count). The molecule has 1 aromatic carbocycles. The zero-order valence-electron chi connectivity index (χ0n) is 10.1. The van der Waals surface area contributed by atoms with Crippen LogP contribution in [0.15, 0.2) is 24.3 Å². The molecule has 1 fully saturated rings. The van der Waals surface area contributed by atoms with Crippen molar-refractivity contribution < 1.29 is 9.53 Å². The first-order chi connectivity index (χ1) is 8.31. The number of nitrogens with one attached hydrogen (secondary N) is 1. The van der Waals surface area contributed by atoms with E-state index in [2.05, 4.69) is 5.32 Å². The topological polar surface area (TPSA) is 41.6 Å². The maximum absolute atomic E-state index is 12.2. The van der Waals surface area contributed by atoms with E-state index in [4.69, 9.17) is 4.74 Å². The molecule has 0 saturated carbocycles. The van der Waals surface area contributed by atoms with Gasteiger partial charge in [-0.25, -0.2) is 0 Å². The molecule has 1 N–H and O–H groups in total. The Balaban J connectivity index is 2.09. The van der Waals surface area contributed by atoms with Crippen molar-refractivity contribution >= 4 is 5.91 Å². The summed E-state index contributed by atoms with van der Waals surface area (Å²) in [5.41, 5.74) is 0.706. The van der Waals surface area contributed by atoms with E-state index >= 15 is 0 Å². The SMILES string of the molecule is CCOc1cccc(C(=O)N2CCNCC2)c1. The molecule has 17 heavy (non-hydrogen) atoms. The van der Waals surface area contributed by atoms with Gasteiger partial charge in [-0.05, 0) is 25.1 Å². The molecular weight excluding hydrogens is 216 g/mol. The maximum Gasteiger partial charge on any atom is 0.254 e. The van der Waals surface area contributed by atoms with E-state index in [-0.39, 0.29) is 5.91 Å². The van der Waals surface area contributed by atoms with Gasteiger partial charge in [0.25, 0.3) is 5.91 Å². The standard InChI is InChI=1S/C13H18N2O2/c1-2-17-12-5-3-4-11(10-12)13(16)15-8-6-14-7-9-15/h3-5,10,14H,2,6-9H2,1H3.